The van der Waals surface area contributed by atoms with Gasteiger partial charge in [0.2, 0.25) is 0 Å². The Morgan fingerprint density at radius 2 is 1.74 bits per heavy atom. The summed E-state index contributed by atoms with van der Waals surface area (Å²) in [5.74, 6) is -3.06. The first-order chi connectivity index (χ1) is 8.97. The Morgan fingerprint density at radius 3 is 2.21 bits per heavy atom. The Labute approximate surface area is 110 Å². The number of rotatable bonds is 6. The lowest BCUT2D eigenvalue weighted by atomic mass is 10.1. The van der Waals surface area contributed by atoms with E-state index in [1.165, 1.54) is 24.3 Å². The van der Waals surface area contributed by atoms with Crippen LogP contribution in [0.1, 0.15) is 40.5 Å². The molecule has 1 aromatic rings. The molecule has 3 N–H and O–H groups in total. The molecule has 1 amide bonds. The maximum atomic E-state index is 11.9. The van der Waals surface area contributed by atoms with Crippen LogP contribution in [0.25, 0.3) is 0 Å². The van der Waals surface area contributed by atoms with E-state index in [1.54, 1.807) is 6.92 Å². The normalized spacial score (nSPS) is 11.6. The van der Waals surface area contributed by atoms with Crippen molar-refractivity contribution >= 4 is 17.8 Å². The Balaban J connectivity index is 2.94. The fourth-order valence-corrected chi connectivity index (χ4v) is 1.65. The molecule has 19 heavy (non-hydrogen) atoms. The molecule has 0 bridgehead atoms. The summed E-state index contributed by atoms with van der Waals surface area (Å²) in [6, 6.07) is 4.66. The van der Waals surface area contributed by atoms with Crippen molar-refractivity contribution in [3.8, 4) is 0 Å². The van der Waals surface area contributed by atoms with Crippen molar-refractivity contribution < 1.29 is 24.6 Å². The number of carboxylic acid groups (broad SMARTS) is 2. The lowest BCUT2D eigenvalue weighted by molar-refractivity contribution is -0.139. The zero-order chi connectivity index (χ0) is 14.4. The van der Waals surface area contributed by atoms with Crippen LogP contribution >= 0.6 is 0 Å². The highest BCUT2D eigenvalue weighted by atomic mass is 16.4. The number of carbonyl (C=O) groups excluding carboxylic acids is 1. The summed E-state index contributed by atoms with van der Waals surface area (Å²) in [6.45, 7) is 1.80. The highest BCUT2D eigenvalue weighted by Gasteiger charge is 2.22. The molecule has 0 saturated heterocycles. The molecule has 0 spiro atoms. The van der Waals surface area contributed by atoms with Crippen molar-refractivity contribution in [2.45, 2.75) is 25.8 Å². The summed E-state index contributed by atoms with van der Waals surface area (Å²) in [5, 5.41) is 20.2. The van der Waals surface area contributed by atoms with Gasteiger partial charge in [0.25, 0.3) is 5.91 Å². The van der Waals surface area contributed by atoms with Crippen molar-refractivity contribution in [3.05, 3.63) is 35.4 Å². The zero-order valence-electron chi connectivity index (χ0n) is 10.4. The number of hydrogen-bond donors (Lipinski definition) is 3. The first kappa shape index (κ1) is 14.7. The molecule has 6 heteroatoms. The molecule has 6 nitrogen and oxygen atoms in total. The van der Waals surface area contributed by atoms with E-state index >= 15 is 0 Å². The molecule has 1 unspecified atom stereocenters. The highest BCUT2D eigenvalue weighted by Crippen LogP contribution is 2.09. The number of carbonyl (C=O) groups is 3. The number of aromatic carboxylic acids is 1. The molecule has 1 atom stereocenters. The van der Waals surface area contributed by atoms with E-state index in [9.17, 15) is 14.4 Å². The van der Waals surface area contributed by atoms with Crippen LogP contribution in [0.3, 0.4) is 0 Å². The lowest BCUT2D eigenvalue weighted by Gasteiger charge is -2.14. The molecular formula is C13H15NO5. The molecule has 0 aromatic heterocycles. The Kier molecular flexibility index (Phi) is 5.05. The van der Waals surface area contributed by atoms with Gasteiger partial charge in [-0.05, 0) is 18.6 Å². The van der Waals surface area contributed by atoms with Gasteiger partial charge in [-0.3, -0.25) is 4.79 Å². The zero-order valence-corrected chi connectivity index (χ0v) is 10.4. The van der Waals surface area contributed by atoms with Crippen LogP contribution in [0.2, 0.25) is 0 Å². The minimum Gasteiger partial charge on any atom is -0.480 e. The summed E-state index contributed by atoms with van der Waals surface area (Å²) in [7, 11) is 0. The van der Waals surface area contributed by atoms with Gasteiger partial charge < -0.3 is 15.5 Å². The Hall–Kier alpha value is -2.37. The van der Waals surface area contributed by atoms with E-state index in [4.69, 9.17) is 10.2 Å². The average molecular weight is 265 g/mol. The molecule has 0 radical (unpaired) electrons. The number of aliphatic carboxylic acids is 1. The molecule has 0 aliphatic carbocycles. The molecule has 0 aliphatic heterocycles. The molecule has 0 saturated carbocycles. The number of benzene rings is 1. The van der Waals surface area contributed by atoms with E-state index in [1.807, 2.05) is 0 Å². The topological polar surface area (TPSA) is 104 Å². The van der Waals surface area contributed by atoms with Gasteiger partial charge >= 0.3 is 11.9 Å². The molecule has 1 aromatic carbocycles. The summed E-state index contributed by atoms with van der Waals surface area (Å²) in [5.41, 5.74) is -0.196. The van der Waals surface area contributed by atoms with E-state index in [0.29, 0.717) is 6.42 Å². The third-order valence-corrected chi connectivity index (χ3v) is 2.58. The van der Waals surface area contributed by atoms with Crippen molar-refractivity contribution in [2.24, 2.45) is 0 Å². The van der Waals surface area contributed by atoms with E-state index < -0.39 is 23.9 Å². The summed E-state index contributed by atoms with van der Waals surface area (Å²) in [4.78, 5) is 33.8. The molecule has 0 aliphatic rings. The van der Waals surface area contributed by atoms with E-state index in [-0.39, 0.29) is 17.5 Å². The van der Waals surface area contributed by atoms with Gasteiger partial charge in [-0.15, -0.1) is 0 Å². The first-order valence-corrected chi connectivity index (χ1v) is 5.83. The summed E-state index contributed by atoms with van der Waals surface area (Å²) >= 11 is 0. The van der Waals surface area contributed by atoms with E-state index in [2.05, 4.69) is 5.32 Å². The molecule has 0 fully saturated rings. The second-order valence-electron chi connectivity index (χ2n) is 4.00. The van der Waals surface area contributed by atoms with Gasteiger partial charge in [0.1, 0.15) is 6.04 Å². The standard InChI is InChI=1S/C13H15NO5/c1-2-5-10(13(18)19)14-11(15)8-6-3-4-7-9(8)12(16)17/h3-4,6-7,10H,2,5H2,1H3,(H,14,15)(H,16,17)(H,18,19). The molecule has 1 rings (SSSR count). The Bertz CT molecular complexity index is 498. The molecule has 0 heterocycles. The van der Waals surface area contributed by atoms with Crippen molar-refractivity contribution in [1.82, 2.24) is 5.32 Å². The maximum Gasteiger partial charge on any atom is 0.336 e. The van der Waals surface area contributed by atoms with Crippen molar-refractivity contribution in [3.63, 3.8) is 0 Å². The van der Waals surface area contributed by atoms with Gasteiger partial charge in [-0.1, -0.05) is 25.5 Å². The van der Waals surface area contributed by atoms with Crippen LogP contribution in [0.5, 0.6) is 0 Å². The van der Waals surface area contributed by atoms with Gasteiger partial charge in [0.05, 0.1) is 11.1 Å². The SMILES string of the molecule is CCCC(NC(=O)c1ccccc1C(=O)O)C(=O)O. The number of hydrogen-bond acceptors (Lipinski definition) is 3. The summed E-state index contributed by atoms with van der Waals surface area (Å²) in [6.07, 6.45) is 0.883. The first-order valence-electron chi connectivity index (χ1n) is 5.83. The van der Waals surface area contributed by atoms with Gasteiger partial charge in [0.15, 0.2) is 0 Å². The average Bonchev–Trinajstić information content (AvgIpc) is 2.37. The third kappa shape index (κ3) is 3.80. The Morgan fingerprint density at radius 1 is 1.16 bits per heavy atom. The van der Waals surface area contributed by atoms with Crippen LogP contribution in [-0.4, -0.2) is 34.1 Å². The van der Waals surface area contributed by atoms with Crippen LogP contribution in [0, 0.1) is 0 Å². The number of nitrogens with one attached hydrogen (secondary N) is 1. The van der Waals surface area contributed by atoms with Crippen molar-refractivity contribution in [2.75, 3.05) is 0 Å². The number of carboxylic acids is 2. The van der Waals surface area contributed by atoms with E-state index in [0.717, 1.165) is 0 Å². The van der Waals surface area contributed by atoms with Crippen LogP contribution in [0.4, 0.5) is 0 Å². The number of amides is 1. The second-order valence-corrected chi connectivity index (χ2v) is 4.00. The fourth-order valence-electron chi connectivity index (χ4n) is 1.65. The summed E-state index contributed by atoms with van der Waals surface area (Å²) < 4.78 is 0. The minimum absolute atomic E-state index is 0.0441. The fraction of sp³-hybridized carbons (Fsp3) is 0.308. The largest absolute Gasteiger partial charge is 0.480 e. The lowest BCUT2D eigenvalue weighted by Crippen LogP contribution is -2.41. The predicted molar refractivity (Wildman–Crippen MR) is 67.2 cm³/mol. The minimum atomic E-state index is -1.23. The second kappa shape index (κ2) is 6.53. The molecular weight excluding hydrogens is 250 g/mol. The smallest absolute Gasteiger partial charge is 0.336 e. The van der Waals surface area contributed by atoms with Crippen LogP contribution in [-0.2, 0) is 4.79 Å². The predicted octanol–water partition coefficient (Wildman–Crippen LogP) is 1.37. The van der Waals surface area contributed by atoms with Gasteiger partial charge in [-0.25, -0.2) is 9.59 Å². The molecule has 102 valence electrons. The monoisotopic (exact) mass is 265 g/mol. The van der Waals surface area contributed by atoms with Gasteiger partial charge in [0, 0.05) is 0 Å². The van der Waals surface area contributed by atoms with Crippen LogP contribution < -0.4 is 5.32 Å². The maximum absolute atomic E-state index is 11.9. The van der Waals surface area contributed by atoms with Crippen LogP contribution in [0.15, 0.2) is 24.3 Å². The highest BCUT2D eigenvalue weighted by molar-refractivity contribution is 6.05. The van der Waals surface area contributed by atoms with Crippen molar-refractivity contribution in [1.29, 1.82) is 0 Å². The van der Waals surface area contributed by atoms with Gasteiger partial charge in [-0.2, -0.15) is 0 Å². The quantitative estimate of drug-likeness (QED) is 0.720. The third-order valence-electron chi connectivity index (χ3n) is 2.58.